The fraction of sp³-hybridized carbons (Fsp3) is 0.235. The van der Waals surface area contributed by atoms with Crippen LogP contribution in [-0.4, -0.2) is 26.9 Å². The molecule has 25 heavy (non-hydrogen) atoms. The molecule has 3 N–H and O–H groups in total. The summed E-state index contributed by atoms with van der Waals surface area (Å²) in [6.45, 7) is 0. The van der Waals surface area contributed by atoms with Crippen molar-refractivity contribution in [3.8, 4) is 0 Å². The lowest BCUT2D eigenvalue weighted by Gasteiger charge is -2.25. The molecular weight excluding hydrogens is 345 g/mol. The molecule has 0 spiro atoms. The standard InChI is InChI=1S/C17H15ClFN5O/c18-12-8-10(4-5-13(12)19)21-16(25)11-6-7-20-15-14(11)23-17(24-15)22-9-2-1-3-9/h4-9H,1-3H2,(H,21,25)(H2,20,22,23,24). The number of aromatic amines is 1. The monoisotopic (exact) mass is 359 g/mol. The number of carbonyl (C=O) groups is 1. The number of nitrogens with zero attached hydrogens (tertiary/aromatic N) is 2. The molecule has 1 amide bonds. The van der Waals surface area contributed by atoms with Gasteiger partial charge in [0.25, 0.3) is 5.91 Å². The van der Waals surface area contributed by atoms with Crippen molar-refractivity contribution < 1.29 is 9.18 Å². The fourth-order valence-electron chi connectivity index (χ4n) is 2.69. The van der Waals surface area contributed by atoms with Crippen LogP contribution in [-0.2, 0) is 0 Å². The highest BCUT2D eigenvalue weighted by Crippen LogP contribution is 2.25. The third-order valence-electron chi connectivity index (χ3n) is 4.26. The maximum atomic E-state index is 13.2. The average molecular weight is 360 g/mol. The van der Waals surface area contributed by atoms with E-state index in [1.165, 1.54) is 30.8 Å². The van der Waals surface area contributed by atoms with Crippen molar-refractivity contribution in [2.75, 3.05) is 10.6 Å². The van der Waals surface area contributed by atoms with Crippen LogP contribution in [0.3, 0.4) is 0 Å². The van der Waals surface area contributed by atoms with Gasteiger partial charge in [0, 0.05) is 17.9 Å². The van der Waals surface area contributed by atoms with E-state index in [2.05, 4.69) is 25.6 Å². The largest absolute Gasteiger partial charge is 0.353 e. The van der Waals surface area contributed by atoms with Crippen molar-refractivity contribution in [3.05, 3.63) is 46.9 Å². The molecule has 6 nitrogen and oxygen atoms in total. The maximum Gasteiger partial charge on any atom is 0.257 e. The second-order valence-electron chi connectivity index (χ2n) is 6.00. The Morgan fingerprint density at radius 2 is 2.16 bits per heavy atom. The van der Waals surface area contributed by atoms with Crippen LogP contribution in [0.4, 0.5) is 16.0 Å². The summed E-state index contributed by atoms with van der Waals surface area (Å²) in [5.74, 6) is -0.280. The van der Waals surface area contributed by atoms with Crippen LogP contribution in [0.2, 0.25) is 5.02 Å². The summed E-state index contributed by atoms with van der Waals surface area (Å²) >= 11 is 5.75. The van der Waals surface area contributed by atoms with E-state index in [1.54, 1.807) is 6.07 Å². The van der Waals surface area contributed by atoms with Crippen molar-refractivity contribution in [2.45, 2.75) is 25.3 Å². The first-order valence-corrected chi connectivity index (χ1v) is 8.35. The van der Waals surface area contributed by atoms with Crippen molar-refractivity contribution >= 4 is 40.3 Å². The second kappa shape index (κ2) is 6.33. The molecule has 1 aliphatic rings. The Kier molecular flexibility index (Phi) is 4.01. The molecule has 0 saturated heterocycles. The highest BCUT2D eigenvalue weighted by atomic mass is 35.5. The van der Waals surface area contributed by atoms with Crippen LogP contribution in [0.1, 0.15) is 29.6 Å². The molecule has 2 aromatic heterocycles. The first kappa shape index (κ1) is 15.8. The minimum absolute atomic E-state index is 0.0498. The van der Waals surface area contributed by atoms with Crippen LogP contribution in [0.25, 0.3) is 11.2 Å². The van der Waals surface area contributed by atoms with Gasteiger partial charge in [0.05, 0.1) is 16.1 Å². The zero-order chi connectivity index (χ0) is 17.4. The van der Waals surface area contributed by atoms with Crippen molar-refractivity contribution in [3.63, 3.8) is 0 Å². The third-order valence-corrected chi connectivity index (χ3v) is 4.55. The molecule has 2 heterocycles. The van der Waals surface area contributed by atoms with Crippen LogP contribution in [0, 0.1) is 5.82 Å². The van der Waals surface area contributed by atoms with Crippen LogP contribution in [0.5, 0.6) is 0 Å². The number of halogens is 2. The number of anilines is 2. The van der Waals surface area contributed by atoms with E-state index >= 15 is 0 Å². The Morgan fingerprint density at radius 3 is 2.88 bits per heavy atom. The highest BCUT2D eigenvalue weighted by Gasteiger charge is 2.20. The number of hydrogen-bond acceptors (Lipinski definition) is 4. The lowest BCUT2D eigenvalue weighted by Crippen LogP contribution is -2.27. The van der Waals surface area contributed by atoms with Crippen LogP contribution < -0.4 is 10.6 Å². The summed E-state index contributed by atoms with van der Waals surface area (Å²) in [5.41, 5.74) is 1.83. The Morgan fingerprint density at radius 1 is 1.32 bits per heavy atom. The van der Waals surface area contributed by atoms with E-state index < -0.39 is 5.82 Å². The van der Waals surface area contributed by atoms with Crippen molar-refractivity contribution in [2.24, 2.45) is 0 Å². The Balaban J connectivity index is 1.60. The van der Waals surface area contributed by atoms with Crippen molar-refractivity contribution in [1.29, 1.82) is 0 Å². The van der Waals surface area contributed by atoms with Gasteiger partial charge < -0.3 is 15.6 Å². The number of aromatic nitrogens is 3. The summed E-state index contributed by atoms with van der Waals surface area (Å²) in [7, 11) is 0. The Bertz CT molecular complexity index is 953. The average Bonchev–Trinajstić information content (AvgIpc) is 2.97. The number of pyridine rings is 1. The smallest absolute Gasteiger partial charge is 0.257 e. The molecule has 0 aliphatic heterocycles. The molecule has 1 saturated carbocycles. The summed E-state index contributed by atoms with van der Waals surface area (Å²) in [4.78, 5) is 24.3. The number of fused-ring (bicyclic) bond motifs is 1. The lowest BCUT2D eigenvalue weighted by molar-refractivity contribution is 0.102. The molecule has 1 fully saturated rings. The minimum Gasteiger partial charge on any atom is -0.353 e. The van der Waals surface area contributed by atoms with Gasteiger partial charge >= 0.3 is 0 Å². The fourth-order valence-corrected chi connectivity index (χ4v) is 2.87. The number of nitrogens with one attached hydrogen (secondary N) is 3. The zero-order valence-corrected chi connectivity index (χ0v) is 13.9. The molecule has 4 rings (SSSR count). The van der Waals surface area contributed by atoms with Gasteiger partial charge in [0.1, 0.15) is 5.82 Å². The van der Waals surface area contributed by atoms with Crippen molar-refractivity contribution in [1.82, 2.24) is 15.0 Å². The molecule has 1 aliphatic carbocycles. The Labute approximate surface area is 147 Å². The van der Waals surface area contributed by atoms with E-state index in [1.807, 2.05) is 0 Å². The molecule has 8 heteroatoms. The number of H-pyrrole nitrogens is 1. The lowest BCUT2D eigenvalue weighted by atomic mass is 9.93. The number of carbonyl (C=O) groups excluding carboxylic acids is 1. The summed E-state index contributed by atoms with van der Waals surface area (Å²) in [6.07, 6.45) is 4.97. The molecular formula is C17H15ClFN5O. The number of imidazole rings is 1. The van der Waals surface area contributed by atoms with Gasteiger partial charge in [0.2, 0.25) is 5.95 Å². The van der Waals surface area contributed by atoms with Gasteiger partial charge in [-0.3, -0.25) is 4.79 Å². The predicted octanol–water partition coefficient (Wildman–Crippen LogP) is 3.97. The number of hydrogen-bond donors (Lipinski definition) is 3. The van der Waals surface area contributed by atoms with Gasteiger partial charge in [0.15, 0.2) is 5.65 Å². The SMILES string of the molecule is O=C(Nc1ccc(F)c(Cl)c1)c1ccnc2nc(NC3CCC3)[nH]c12. The third kappa shape index (κ3) is 3.15. The normalized spacial score (nSPS) is 14.3. The van der Waals surface area contributed by atoms with E-state index in [0.29, 0.717) is 34.4 Å². The molecule has 0 unspecified atom stereocenters. The molecule has 0 atom stereocenters. The van der Waals surface area contributed by atoms with Gasteiger partial charge in [-0.15, -0.1) is 0 Å². The zero-order valence-electron chi connectivity index (χ0n) is 13.1. The maximum absolute atomic E-state index is 13.2. The minimum atomic E-state index is -0.536. The van der Waals surface area contributed by atoms with E-state index in [0.717, 1.165) is 12.8 Å². The first-order valence-electron chi connectivity index (χ1n) is 7.98. The molecule has 128 valence electrons. The first-order chi connectivity index (χ1) is 12.1. The van der Waals surface area contributed by atoms with Crippen LogP contribution >= 0.6 is 11.6 Å². The van der Waals surface area contributed by atoms with Gasteiger partial charge in [-0.1, -0.05) is 11.6 Å². The highest BCUT2D eigenvalue weighted by molar-refractivity contribution is 6.31. The van der Waals surface area contributed by atoms with E-state index in [4.69, 9.17) is 11.6 Å². The number of rotatable bonds is 4. The summed E-state index contributed by atoms with van der Waals surface area (Å²) in [5, 5.41) is 5.95. The van der Waals surface area contributed by atoms with Gasteiger partial charge in [-0.05, 0) is 43.5 Å². The molecule has 1 aromatic carbocycles. The summed E-state index contributed by atoms with van der Waals surface area (Å²) < 4.78 is 13.2. The molecule has 0 radical (unpaired) electrons. The molecule has 3 aromatic rings. The van der Waals surface area contributed by atoms with E-state index in [9.17, 15) is 9.18 Å². The topological polar surface area (TPSA) is 82.7 Å². The van der Waals surface area contributed by atoms with Gasteiger partial charge in [-0.2, -0.15) is 4.98 Å². The van der Waals surface area contributed by atoms with E-state index in [-0.39, 0.29) is 10.9 Å². The second-order valence-corrected chi connectivity index (χ2v) is 6.40. The predicted molar refractivity (Wildman–Crippen MR) is 94.5 cm³/mol. The summed E-state index contributed by atoms with van der Waals surface area (Å²) in [6, 6.07) is 6.04. The van der Waals surface area contributed by atoms with Crippen LogP contribution in [0.15, 0.2) is 30.5 Å². The quantitative estimate of drug-likeness (QED) is 0.658. The number of benzene rings is 1. The molecule has 0 bridgehead atoms. The van der Waals surface area contributed by atoms with Gasteiger partial charge in [-0.25, -0.2) is 9.37 Å². The number of amides is 1. The Hall–Kier alpha value is -2.67.